The summed E-state index contributed by atoms with van der Waals surface area (Å²) in [4.78, 5) is 15.0. The Bertz CT molecular complexity index is 493. The van der Waals surface area contributed by atoms with Gasteiger partial charge in [0.05, 0.1) is 0 Å². The van der Waals surface area contributed by atoms with Gasteiger partial charge in [0, 0.05) is 30.5 Å². The normalized spacial score (nSPS) is 31.6. The first-order valence-electron chi connectivity index (χ1n) is 8.24. The minimum absolute atomic E-state index is 0. The van der Waals surface area contributed by atoms with Crippen molar-refractivity contribution in [2.75, 3.05) is 13.1 Å². The summed E-state index contributed by atoms with van der Waals surface area (Å²) < 4.78 is 0. The van der Waals surface area contributed by atoms with Crippen LogP contribution in [0.4, 0.5) is 0 Å². The standard InChI is InChI=1S/C18H26N2O.ClH/c1-13-10-16(8-9-19-13)18(21)20-12-17(11-14(20)2)15-6-4-3-5-7-15;/h3-7,13-14,16-17,19H,8-12H2,1-2H3;1H/t13-,14?,16-,17?;/m0./s1. The molecule has 1 aromatic carbocycles. The van der Waals surface area contributed by atoms with Crippen molar-refractivity contribution < 1.29 is 4.79 Å². The molecule has 1 aromatic rings. The molecule has 1 amide bonds. The van der Waals surface area contributed by atoms with Crippen LogP contribution in [0.3, 0.4) is 0 Å². The van der Waals surface area contributed by atoms with Gasteiger partial charge in [-0.25, -0.2) is 0 Å². The largest absolute Gasteiger partial charge is 0.339 e. The first kappa shape index (κ1) is 17.3. The van der Waals surface area contributed by atoms with Gasteiger partial charge in [-0.2, -0.15) is 0 Å². The van der Waals surface area contributed by atoms with E-state index in [4.69, 9.17) is 0 Å². The van der Waals surface area contributed by atoms with Crippen molar-refractivity contribution in [3.8, 4) is 0 Å². The van der Waals surface area contributed by atoms with Crippen LogP contribution < -0.4 is 5.32 Å². The zero-order chi connectivity index (χ0) is 14.8. The molecule has 4 atom stereocenters. The number of carbonyl (C=O) groups is 1. The lowest BCUT2D eigenvalue weighted by atomic mass is 9.92. The van der Waals surface area contributed by atoms with Gasteiger partial charge in [0.2, 0.25) is 5.91 Å². The summed E-state index contributed by atoms with van der Waals surface area (Å²) in [6, 6.07) is 11.5. The van der Waals surface area contributed by atoms with Crippen LogP contribution in [0.5, 0.6) is 0 Å². The van der Waals surface area contributed by atoms with E-state index >= 15 is 0 Å². The highest BCUT2D eigenvalue weighted by Crippen LogP contribution is 2.33. The molecule has 122 valence electrons. The maximum absolute atomic E-state index is 12.8. The quantitative estimate of drug-likeness (QED) is 0.907. The van der Waals surface area contributed by atoms with E-state index in [9.17, 15) is 4.79 Å². The summed E-state index contributed by atoms with van der Waals surface area (Å²) in [5.41, 5.74) is 1.37. The lowest BCUT2D eigenvalue weighted by molar-refractivity contribution is -0.137. The van der Waals surface area contributed by atoms with Crippen molar-refractivity contribution in [1.29, 1.82) is 0 Å². The van der Waals surface area contributed by atoms with Crippen LogP contribution >= 0.6 is 12.4 Å². The number of nitrogens with zero attached hydrogens (tertiary/aromatic N) is 1. The van der Waals surface area contributed by atoms with Gasteiger partial charge in [0.1, 0.15) is 0 Å². The van der Waals surface area contributed by atoms with Crippen molar-refractivity contribution in [2.24, 2.45) is 5.92 Å². The molecule has 0 radical (unpaired) electrons. The maximum Gasteiger partial charge on any atom is 0.226 e. The minimum Gasteiger partial charge on any atom is -0.339 e. The number of carbonyl (C=O) groups excluding carboxylic acids is 1. The minimum atomic E-state index is 0. The SMILES string of the molecule is CC1CC(c2ccccc2)CN1C(=O)[C@H]1CCN[C@@H](C)C1.Cl. The second kappa shape index (κ2) is 7.47. The molecule has 0 aliphatic carbocycles. The number of likely N-dealkylation sites (tertiary alicyclic amines) is 1. The summed E-state index contributed by atoms with van der Waals surface area (Å²) in [6.45, 7) is 6.25. The number of piperidine rings is 1. The van der Waals surface area contributed by atoms with E-state index in [1.165, 1.54) is 5.56 Å². The fraction of sp³-hybridized carbons (Fsp3) is 0.611. The van der Waals surface area contributed by atoms with Crippen molar-refractivity contribution >= 4 is 18.3 Å². The zero-order valence-electron chi connectivity index (χ0n) is 13.5. The molecular weight excluding hydrogens is 296 g/mol. The van der Waals surface area contributed by atoms with Crippen LogP contribution in [0.25, 0.3) is 0 Å². The van der Waals surface area contributed by atoms with Gasteiger partial charge in [-0.3, -0.25) is 4.79 Å². The van der Waals surface area contributed by atoms with E-state index in [0.29, 0.717) is 23.9 Å². The molecule has 2 saturated heterocycles. The van der Waals surface area contributed by atoms with Gasteiger partial charge >= 0.3 is 0 Å². The Morgan fingerprint density at radius 3 is 2.59 bits per heavy atom. The van der Waals surface area contributed by atoms with E-state index in [1.54, 1.807) is 0 Å². The lowest BCUT2D eigenvalue weighted by Gasteiger charge is -2.32. The predicted octanol–water partition coefficient (Wildman–Crippen LogP) is 3.20. The smallest absolute Gasteiger partial charge is 0.226 e. The van der Waals surface area contributed by atoms with Crippen molar-refractivity contribution in [2.45, 2.75) is 51.1 Å². The van der Waals surface area contributed by atoms with Crippen molar-refractivity contribution in [3.05, 3.63) is 35.9 Å². The number of hydrogen-bond donors (Lipinski definition) is 1. The summed E-state index contributed by atoms with van der Waals surface area (Å²) in [5.74, 6) is 1.11. The number of amides is 1. The predicted molar refractivity (Wildman–Crippen MR) is 92.4 cm³/mol. The number of hydrogen-bond acceptors (Lipinski definition) is 2. The Hall–Kier alpha value is -1.06. The van der Waals surface area contributed by atoms with Crippen LogP contribution in [0.1, 0.15) is 44.6 Å². The Balaban J connectivity index is 0.00000176. The van der Waals surface area contributed by atoms with Crippen LogP contribution in [-0.4, -0.2) is 36.0 Å². The lowest BCUT2D eigenvalue weighted by Crippen LogP contribution is -2.45. The molecule has 3 rings (SSSR count). The topological polar surface area (TPSA) is 32.3 Å². The third kappa shape index (κ3) is 3.64. The van der Waals surface area contributed by atoms with E-state index in [-0.39, 0.29) is 18.3 Å². The first-order chi connectivity index (χ1) is 10.1. The second-order valence-electron chi connectivity index (χ2n) is 6.76. The molecule has 22 heavy (non-hydrogen) atoms. The Labute approximate surface area is 139 Å². The molecule has 0 bridgehead atoms. The monoisotopic (exact) mass is 322 g/mol. The van der Waals surface area contributed by atoms with Gasteiger partial charge in [-0.05, 0) is 45.2 Å². The number of halogens is 1. The van der Waals surface area contributed by atoms with Gasteiger partial charge in [0.25, 0.3) is 0 Å². The van der Waals surface area contributed by atoms with Crippen LogP contribution in [0, 0.1) is 5.92 Å². The molecular formula is C18H27ClN2O. The first-order valence-corrected chi connectivity index (χ1v) is 8.24. The zero-order valence-corrected chi connectivity index (χ0v) is 14.3. The Morgan fingerprint density at radius 2 is 1.91 bits per heavy atom. The average Bonchev–Trinajstić information content (AvgIpc) is 2.89. The molecule has 2 unspecified atom stereocenters. The molecule has 0 saturated carbocycles. The van der Waals surface area contributed by atoms with Gasteiger partial charge < -0.3 is 10.2 Å². The number of rotatable bonds is 2. The third-order valence-corrected chi connectivity index (χ3v) is 5.10. The Morgan fingerprint density at radius 1 is 1.18 bits per heavy atom. The van der Waals surface area contributed by atoms with Gasteiger partial charge in [-0.1, -0.05) is 30.3 Å². The fourth-order valence-corrected chi connectivity index (χ4v) is 3.90. The third-order valence-electron chi connectivity index (χ3n) is 5.10. The molecule has 2 aliphatic heterocycles. The van der Waals surface area contributed by atoms with E-state index in [1.807, 2.05) is 0 Å². The highest BCUT2D eigenvalue weighted by Gasteiger charge is 2.37. The molecule has 2 fully saturated rings. The molecule has 3 nitrogen and oxygen atoms in total. The van der Waals surface area contributed by atoms with Crippen molar-refractivity contribution in [1.82, 2.24) is 10.2 Å². The number of nitrogens with one attached hydrogen (secondary N) is 1. The molecule has 0 aromatic heterocycles. The van der Waals surface area contributed by atoms with Gasteiger partial charge in [0.15, 0.2) is 0 Å². The molecule has 2 aliphatic rings. The number of benzene rings is 1. The van der Waals surface area contributed by atoms with Gasteiger partial charge in [-0.15, -0.1) is 12.4 Å². The fourth-order valence-electron chi connectivity index (χ4n) is 3.90. The van der Waals surface area contributed by atoms with E-state index in [2.05, 4.69) is 54.4 Å². The Kier molecular flexibility index (Phi) is 5.87. The molecule has 2 heterocycles. The average molecular weight is 323 g/mol. The maximum atomic E-state index is 12.8. The molecule has 4 heteroatoms. The summed E-state index contributed by atoms with van der Waals surface area (Å²) in [5, 5.41) is 3.43. The second-order valence-corrected chi connectivity index (χ2v) is 6.76. The van der Waals surface area contributed by atoms with E-state index in [0.717, 1.165) is 32.4 Å². The van der Waals surface area contributed by atoms with Crippen LogP contribution in [0.2, 0.25) is 0 Å². The highest BCUT2D eigenvalue weighted by atomic mass is 35.5. The van der Waals surface area contributed by atoms with Crippen molar-refractivity contribution in [3.63, 3.8) is 0 Å². The summed E-state index contributed by atoms with van der Waals surface area (Å²) >= 11 is 0. The highest BCUT2D eigenvalue weighted by molar-refractivity contribution is 5.85. The van der Waals surface area contributed by atoms with Crippen LogP contribution in [-0.2, 0) is 4.79 Å². The molecule has 0 spiro atoms. The summed E-state index contributed by atoms with van der Waals surface area (Å²) in [7, 11) is 0. The van der Waals surface area contributed by atoms with Crippen LogP contribution in [0.15, 0.2) is 30.3 Å². The molecule has 1 N–H and O–H groups in total. The summed E-state index contributed by atoms with van der Waals surface area (Å²) in [6.07, 6.45) is 3.07. The van der Waals surface area contributed by atoms with E-state index < -0.39 is 0 Å².